The Kier molecular flexibility index (Phi) is 3.11. The molecular formula is C9H7N7O2. The summed E-state index contributed by atoms with van der Waals surface area (Å²) in [7, 11) is 0. The number of nitrogens with zero attached hydrogens (tertiary/aromatic N) is 5. The summed E-state index contributed by atoms with van der Waals surface area (Å²) in [6.07, 6.45) is 0. The van der Waals surface area contributed by atoms with Crippen molar-refractivity contribution < 1.29 is 4.92 Å². The largest absolute Gasteiger partial charge is 0.377 e. The van der Waals surface area contributed by atoms with Gasteiger partial charge in [-0.2, -0.15) is 10.5 Å². The summed E-state index contributed by atoms with van der Waals surface area (Å²) < 4.78 is 0. The van der Waals surface area contributed by atoms with Gasteiger partial charge in [-0.15, -0.1) is 10.2 Å². The van der Waals surface area contributed by atoms with Crippen LogP contribution in [0.25, 0.3) is 0 Å². The maximum atomic E-state index is 10.6. The Morgan fingerprint density at radius 3 is 3.00 bits per heavy atom. The van der Waals surface area contributed by atoms with Crippen LogP contribution in [0.1, 0.15) is 11.4 Å². The molecule has 0 saturated carbocycles. The first-order valence-corrected chi connectivity index (χ1v) is 4.85. The number of H-pyrrole nitrogens is 1. The molecule has 1 aromatic carbocycles. The van der Waals surface area contributed by atoms with Gasteiger partial charge < -0.3 is 5.32 Å². The Hall–Kier alpha value is -3.02. The summed E-state index contributed by atoms with van der Waals surface area (Å²) in [6.45, 7) is 0.267. The van der Waals surface area contributed by atoms with Crippen LogP contribution in [0.15, 0.2) is 18.2 Å². The van der Waals surface area contributed by atoms with Crippen molar-refractivity contribution in [3.05, 3.63) is 39.7 Å². The monoisotopic (exact) mass is 245 g/mol. The normalized spacial score (nSPS) is 9.72. The fourth-order valence-corrected chi connectivity index (χ4v) is 1.32. The Morgan fingerprint density at radius 2 is 2.39 bits per heavy atom. The molecule has 0 spiro atoms. The summed E-state index contributed by atoms with van der Waals surface area (Å²) in [5.74, 6) is 0.428. The number of nitrogens with one attached hydrogen (secondary N) is 2. The number of non-ortho nitro benzene ring substituents is 1. The van der Waals surface area contributed by atoms with Crippen molar-refractivity contribution in [2.24, 2.45) is 0 Å². The SMILES string of the molecule is N#Cc1cc([N+](=O)[O-])ccc1NCc1nn[nH]n1. The molecule has 1 heterocycles. The van der Waals surface area contributed by atoms with E-state index >= 15 is 0 Å². The molecule has 18 heavy (non-hydrogen) atoms. The summed E-state index contributed by atoms with van der Waals surface area (Å²) in [5.41, 5.74) is 0.539. The molecule has 2 N–H and O–H groups in total. The van der Waals surface area contributed by atoms with Crippen molar-refractivity contribution in [3.63, 3.8) is 0 Å². The van der Waals surface area contributed by atoms with Crippen LogP contribution in [0.2, 0.25) is 0 Å². The number of anilines is 1. The summed E-state index contributed by atoms with van der Waals surface area (Å²) in [6, 6.07) is 5.88. The summed E-state index contributed by atoms with van der Waals surface area (Å²) in [5, 5.41) is 35.5. The van der Waals surface area contributed by atoms with Crippen LogP contribution in [-0.2, 0) is 6.54 Å². The van der Waals surface area contributed by atoms with Crippen molar-refractivity contribution in [1.29, 1.82) is 5.26 Å². The highest BCUT2D eigenvalue weighted by atomic mass is 16.6. The zero-order valence-electron chi connectivity index (χ0n) is 8.99. The third-order valence-electron chi connectivity index (χ3n) is 2.16. The lowest BCUT2D eigenvalue weighted by molar-refractivity contribution is -0.384. The van der Waals surface area contributed by atoms with Crippen LogP contribution < -0.4 is 5.32 Å². The van der Waals surface area contributed by atoms with Gasteiger partial charge in [0.05, 0.1) is 22.7 Å². The highest BCUT2D eigenvalue weighted by Crippen LogP contribution is 2.21. The quantitative estimate of drug-likeness (QED) is 0.594. The Morgan fingerprint density at radius 1 is 1.56 bits per heavy atom. The molecule has 2 rings (SSSR count). The van der Waals surface area contributed by atoms with Gasteiger partial charge in [0, 0.05) is 12.1 Å². The molecular weight excluding hydrogens is 238 g/mol. The Bertz CT molecular complexity index is 602. The van der Waals surface area contributed by atoms with E-state index in [1.54, 1.807) is 0 Å². The van der Waals surface area contributed by atoms with E-state index in [1.165, 1.54) is 18.2 Å². The summed E-state index contributed by atoms with van der Waals surface area (Å²) in [4.78, 5) is 10.0. The van der Waals surface area contributed by atoms with E-state index in [4.69, 9.17) is 5.26 Å². The second-order valence-corrected chi connectivity index (χ2v) is 3.28. The first-order valence-electron chi connectivity index (χ1n) is 4.85. The van der Waals surface area contributed by atoms with Gasteiger partial charge in [0.2, 0.25) is 0 Å². The average Bonchev–Trinajstić information content (AvgIpc) is 2.89. The smallest absolute Gasteiger partial charge is 0.270 e. The van der Waals surface area contributed by atoms with Gasteiger partial charge in [-0.05, 0) is 6.07 Å². The number of nitro groups is 1. The molecule has 0 radical (unpaired) electrons. The van der Waals surface area contributed by atoms with Crippen LogP contribution in [0.5, 0.6) is 0 Å². The Balaban J connectivity index is 2.18. The minimum absolute atomic E-state index is 0.128. The van der Waals surface area contributed by atoms with Gasteiger partial charge in [-0.25, -0.2) is 0 Å². The van der Waals surface area contributed by atoms with Crippen molar-refractivity contribution in [3.8, 4) is 6.07 Å². The number of hydrogen-bond acceptors (Lipinski definition) is 7. The highest BCUT2D eigenvalue weighted by molar-refractivity contribution is 5.61. The van der Waals surface area contributed by atoms with Crippen molar-refractivity contribution in [2.75, 3.05) is 5.32 Å². The van der Waals surface area contributed by atoms with E-state index in [0.717, 1.165) is 0 Å². The molecule has 0 bridgehead atoms. The molecule has 9 nitrogen and oxygen atoms in total. The van der Waals surface area contributed by atoms with Gasteiger partial charge >= 0.3 is 0 Å². The lowest BCUT2D eigenvalue weighted by Gasteiger charge is -2.05. The molecule has 0 unspecified atom stereocenters. The lowest BCUT2D eigenvalue weighted by Crippen LogP contribution is -2.03. The molecule has 0 fully saturated rings. The van der Waals surface area contributed by atoms with E-state index in [1.807, 2.05) is 6.07 Å². The van der Waals surface area contributed by atoms with Gasteiger partial charge in [0.25, 0.3) is 5.69 Å². The zero-order chi connectivity index (χ0) is 13.0. The molecule has 0 amide bonds. The number of aromatic amines is 1. The van der Waals surface area contributed by atoms with Crippen LogP contribution in [-0.4, -0.2) is 25.5 Å². The van der Waals surface area contributed by atoms with Crippen LogP contribution in [0.4, 0.5) is 11.4 Å². The van der Waals surface area contributed by atoms with Crippen LogP contribution in [0.3, 0.4) is 0 Å². The van der Waals surface area contributed by atoms with Gasteiger partial charge in [0.1, 0.15) is 6.07 Å². The standard InChI is InChI=1S/C9H7N7O2/c10-4-6-3-7(16(17)18)1-2-8(6)11-5-9-12-14-15-13-9/h1-3,11H,5H2,(H,12,13,14,15). The number of nitro benzene ring substituents is 1. The molecule has 0 aliphatic carbocycles. The van der Waals surface area contributed by atoms with E-state index in [2.05, 4.69) is 25.9 Å². The third kappa shape index (κ3) is 2.38. The number of aromatic nitrogens is 4. The molecule has 9 heteroatoms. The van der Waals surface area contributed by atoms with Crippen LogP contribution in [0, 0.1) is 21.4 Å². The average molecular weight is 245 g/mol. The molecule has 1 aromatic heterocycles. The fourth-order valence-electron chi connectivity index (χ4n) is 1.32. The summed E-state index contributed by atoms with van der Waals surface area (Å²) >= 11 is 0. The topological polar surface area (TPSA) is 133 Å². The minimum Gasteiger partial charge on any atom is -0.377 e. The highest BCUT2D eigenvalue weighted by Gasteiger charge is 2.10. The number of tetrazole rings is 1. The van der Waals surface area contributed by atoms with Gasteiger partial charge in [-0.1, -0.05) is 5.21 Å². The molecule has 90 valence electrons. The fraction of sp³-hybridized carbons (Fsp3) is 0.111. The van der Waals surface area contributed by atoms with E-state index in [0.29, 0.717) is 11.5 Å². The zero-order valence-corrected chi connectivity index (χ0v) is 8.99. The molecule has 0 aliphatic heterocycles. The Labute approximate surface area is 101 Å². The molecule has 0 atom stereocenters. The maximum absolute atomic E-state index is 10.6. The van der Waals surface area contributed by atoms with Crippen molar-refractivity contribution in [1.82, 2.24) is 20.6 Å². The number of nitriles is 1. The van der Waals surface area contributed by atoms with Gasteiger partial charge in [-0.3, -0.25) is 10.1 Å². The minimum atomic E-state index is -0.552. The van der Waals surface area contributed by atoms with Gasteiger partial charge in [0.15, 0.2) is 5.82 Å². The predicted molar refractivity (Wildman–Crippen MR) is 59.3 cm³/mol. The number of rotatable bonds is 4. The van der Waals surface area contributed by atoms with Crippen molar-refractivity contribution in [2.45, 2.75) is 6.54 Å². The molecule has 0 aliphatic rings. The third-order valence-corrected chi connectivity index (χ3v) is 2.16. The van der Waals surface area contributed by atoms with Crippen molar-refractivity contribution >= 4 is 11.4 Å². The predicted octanol–water partition coefficient (Wildman–Crippen LogP) is 0.592. The lowest BCUT2D eigenvalue weighted by atomic mass is 10.1. The number of benzene rings is 1. The first-order chi connectivity index (χ1) is 8.70. The van der Waals surface area contributed by atoms with Crippen LogP contribution >= 0.6 is 0 Å². The maximum Gasteiger partial charge on any atom is 0.270 e. The van der Waals surface area contributed by atoms with E-state index in [-0.39, 0.29) is 17.8 Å². The second kappa shape index (κ2) is 4.88. The molecule has 2 aromatic rings. The first kappa shape index (κ1) is 11.5. The number of hydrogen-bond donors (Lipinski definition) is 2. The second-order valence-electron chi connectivity index (χ2n) is 3.28. The van der Waals surface area contributed by atoms with E-state index in [9.17, 15) is 10.1 Å². The van der Waals surface area contributed by atoms with E-state index < -0.39 is 4.92 Å². The molecule has 0 saturated heterocycles.